The van der Waals surface area contributed by atoms with Crippen LogP contribution in [0.2, 0.25) is 0 Å². The molecule has 0 spiro atoms. The number of carbonyl (C=O) groups excluding carboxylic acids is 1. The van der Waals surface area contributed by atoms with Gasteiger partial charge in [-0.1, -0.05) is 55.8 Å². The van der Waals surface area contributed by atoms with Gasteiger partial charge in [0, 0.05) is 17.3 Å². The van der Waals surface area contributed by atoms with Crippen LogP contribution in [0.15, 0.2) is 60.8 Å². The summed E-state index contributed by atoms with van der Waals surface area (Å²) >= 11 is 0. The van der Waals surface area contributed by atoms with E-state index in [0.29, 0.717) is 5.92 Å². The number of nitrogens with zero attached hydrogens (tertiary/aromatic N) is 3. The van der Waals surface area contributed by atoms with Crippen molar-refractivity contribution in [2.75, 3.05) is 5.32 Å². The van der Waals surface area contributed by atoms with Crippen LogP contribution in [0.3, 0.4) is 0 Å². The Morgan fingerprint density at radius 1 is 1.00 bits per heavy atom. The summed E-state index contributed by atoms with van der Waals surface area (Å²) in [5.41, 5.74) is 7.02. The number of hydrogen-bond acceptors (Lipinski definition) is 3. The van der Waals surface area contributed by atoms with Crippen LogP contribution in [-0.4, -0.2) is 20.7 Å². The minimum Gasteiger partial charge on any atom is -0.324 e. The molecule has 2 aromatic heterocycles. The maximum Gasteiger partial charge on any atom is 0.246 e. The summed E-state index contributed by atoms with van der Waals surface area (Å²) in [6.07, 6.45) is 1.78. The van der Waals surface area contributed by atoms with Gasteiger partial charge in [-0.2, -0.15) is 5.10 Å². The minimum absolute atomic E-state index is 0.112. The van der Waals surface area contributed by atoms with Crippen molar-refractivity contribution in [2.45, 2.75) is 40.2 Å². The lowest BCUT2D eigenvalue weighted by Gasteiger charge is -2.09. The molecule has 0 atom stereocenters. The molecular formula is C25H26N4O. The Morgan fingerprint density at radius 3 is 2.37 bits per heavy atom. The van der Waals surface area contributed by atoms with Crippen molar-refractivity contribution in [3.05, 3.63) is 77.6 Å². The van der Waals surface area contributed by atoms with Crippen LogP contribution in [0.1, 0.15) is 36.6 Å². The molecule has 0 saturated heterocycles. The Morgan fingerprint density at radius 2 is 1.70 bits per heavy atom. The van der Waals surface area contributed by atoms with Gasteiger partial charge in [-0.25, -0.2) is 9.67 Å². The highest BCUT2D eigenvalue weighted by Crippen LogP contribution is 2.30. The summed E-state index contributed by atoms with van der Waals surface area (Å²) in [5.74, 6) is 0.334. The number of anilines is 1. The summed E-state index contributed by atoms with van der Waals surface area (Å²) in [4.78, 5) is 17.2. The van der Waals surface area contributed by atoms with Crippen molar-refractivity contribution >= 4 is 22.6 Å². The zero-order chi connectivity index (χ0) is 21.3. The van der Waals surface area contributed by atoms with Gasteiger partial charge in [0.25, 0.3) is 0 Å². The maximum absolute atomic E-state index is 12.6. The first-order valence-corrected chi connectivity index (χ1v) is 10.2. The number of aryl methyl sites for hydroxylation is 2. The molecule has 0 saturated carbocycles. The molecule has 2 aromatic carbocycles. The molecule has 152 valence electrons. The number of pyridine rings is 1. The molecule has 1 N–H and O–H groups in total. The average Bonchev–Trinajstić information content (AvgIpc) is 3.04. The minimum atomic E-state index is -0.126. The molecule has 0 aliphatic carbocycles. The fourth-order valence-corrected chi connectivity index (χ4v) is 3.65. The summed E-state index contributed by atoms with van der Waals surface area (Å²) < 4.78 is 1.68. The second-order valence-corrected chi connectivity index (χ2v) is 7.99. The monoisotopic (exact) mass is 398 g/mol. The molecule has 0 fully saturated rings. The first-order valence-electron chi connectivity index (χ1n) is 10.2. The standard InChI is InChI=1S/C25H26N4O/c1-16(2)19-9-11-21(12-10-19)27-23(30)15-29-25-24(18(4)28-29)22(13-14-26-25)20-7-5-17(3)6-8-20/h5-14,16H,15H2,1-4H3,(H,27,30). The summed E-state index contributed by atoms with van der Waals surface area (Å²) in [6, 6.07) is 18.4. The van der Waals surface area contributed by atoms with Gasteiger partial charge >= 0.3 is 0 Å². The predicted molar refractivity (Wildman–Crippen MR) is 122 cm³/mol. The summed E-state index contributed by atoms with van der Waals surface area (Å²) in [5, 5.41) is 8.54. The molecule has 0 bridgehead atoms. The number of fused-ring (bicyclic) bond motifs is 1. The Labute approximate surface area is 176 Å². The van der Waals surface area contributed by atoms with Crippen LogP contribution in [-0.2, 0) is 11.3 Å². The van der Waals surface area contributed by atoms with E-state index in [0.717, 1.165) is 33.5 Å². The third-order valence-corrected chi connectivity index (χ3v) is 5.33. The normalized spacial score (nSPS) is 11.2. The fourth-order valence-electron chi connectivity index (χ4n) is 3.65. The molecule has 4 aromatic rings. The first kappa shape index (κ1) is 19.8. The number of benzene rings is 2. The molecule has 30 heavy (non-hydrogen) atoms. The van der Waals surface area contributed by atoms with Crippen LogP contribution in [0, 0.1) is 13.8 Å². The van der Waals surface area contributed by atoms with Crippen molar-refractivity contribution in [1.29, 1.82) is 0 Å². The van der Waals surface area contributed by atoms with Gasteiger partial charge in [0.2, 0.25) is 5.91 Å². The topological polar surface area (TPSA) is 59.8 Å². The second-order valence-electron chi connectivity index (χ2n) is 7.99. The number of aromatic nitrogens is 3. The van der Waals surface area contributed by atoms with Gasteiger partial charge in [-0.3, -0.25) is 4.79 Å². The quantitative estimate of drug-likeness (QED) is 0.484. The molecule has 0 aliphatic rings. The molecule has 5 heteroatoms. The Hall–Kier alpha value is -3.47. The van der Waals surface area contributed by atoms with E-state index >= 15 is 0 Å². The average molecular weight is 399 g/mol. The van der Waals surface area contributed by atoms with Gasteiger partial charge in [0.15, 0.2) is 5.65 Å². The lowest BCUT2D eigenvalue weighted by molar-refractivity contribution is -0.116. The number of hydrogen-bond donors (Lipinski definition) is 1. The first-order chi connectivity index (χ1) is 14.4. The highest BCUT2D eigenvalue weighted by Gasteiger charge is 2.16. The van der Waals surface area contributed by atoms with Crippen LogP contribution < -0.4 is 5.32 Å². The van der Waals surface area contributed by atoms with Gasteiger partial charge in [-0.05, 0) is 54.7 Å². The molecule has 2 heterocycles. The summed E-state index contributed by atoms with van der Waals surface area (Å²) in [6.45, 7) is 8.44. The molecule has 0 radical (unpaired) electrons. The second kappa shape index (κ2) is 8.11. The smallest absolute Gasteiger partial charge is 0.246 e. The van der Waals surface area contributed by atoms with Crippen molar-refractivity contribution in [2.24, 2.45) is 0 Å². The van der Waals surface area contributed by atoms with Gasteiger partial charge < -0.3 is 5.32 Å². The van der Waals surface area contributed by atoms with Crippen molar-refractivity contribution in [1.82, 2.24) is 14.8 Å². The molecule has 0 aliphatic heterocycles. The number of nitrogens with one attached hydrogen (secondary N) is 1. The molecule has 1 amide bonds. The van der Waals surface area contributed by atoms with E-state index in [1.54, 1.807) is 10.9 Å². The van der Waals surface area contributed by atoms with E-state index in [2.05, 4.69) is 60.4 Å². The zero-order valence-electron chi connectivity index (χ0n) is 17.8. The number of amides is 1. The van der Waals surface area contributed by atoms with Crippen LogP contribution in [0.25, 0.3) is 22.2 Å². The Kier molecular flexibility index (Phi) is 5.36. The molecule has 4 rings (SSSR count). The molecular weight excluding hydrogens is 372 g/mol. The Bertz CT molecular complexity index is 1190. The third kappa shape index (κ3) is 3.96. The van der Waals surface area contributed by atoms with E-state index in [9.17, 15) is 4.79 Å². The Balaban J connectivity index is 1.59. The van der Waals surface area contributed by atoms with E-state index in [4.69, 9.17) is 0 Å². The third-order valence-electron chi connectivity index (χ3n) is 5.33. The van der Waals surface area contributed by atoms with Crippen molar-refractivity contribution in [3.63, 3.8) is 0 Å². The highest BCUT2D eigenvalue weighted by atomic mass is 16.2. The summed E-state index contributed by atoms with van der Waals surface area (Å²) in [7, 11) is 0. The van der Waals surface area contributed by atoms with E-state index in [-0.39, 0.29) is 12.5 Å². The van der Waals surface area contributed by atoms with Crippen molar-refractivity contribution in [3.8, 4) is 11.1 Å². The predicted octanol–water partition coefficient (Wildman–Crippen LogP) is 5.48. The fraction of sp³-hybridized carbons (Fsp3) is 0.240. The number of rotatable bonds is 5. The lowest BCUT2D eigenvalue weighted by atomic mass is 10.0. The zero-order valence-corrected chi connectivity index (χ0v) is 17.8. The van der Waals surface area contributed by atoms with E-state index in [1.807, 2.05) is 37.3 Å². The highest BCUT2D eigenvalue weighted by molar-refractivity contribution is 5.96. The number of carbonyl (C=O) groups is 1. The van der Waals surface area contributed by atoms with Gasteiger partial charge in [0.05, 0.1) is 5.69 Å². The van der Waals surface area contributed by atoms with Crippen LogP contribution >= 0.6 is 0 Å². The lowest BCUT2D eigenvalue weighted by Crippen LogP contribution is -2.19. The van der Waals surface area contributed by atoms with Crippen LogP contribution in [0.5, 0.6) is 0 Å². The largest absolute Gasteiger partial charge is 0.324 e. The van der Waals surface area contributed by atoms with E-state index in [1.165, 1.54) is 11.1 Å². The van der Waals surface area contributed by atoms with E-state index < -0.39 is 0 Å². The maximum atomic E-state index is 12.6. The van der Waals surface area contributed by atoms with Gasteiger partial charge in [-0.15, -0.1) is 0 Å². The molecule has 5 nitrogen and oxygen atoms in total. The van der Waals surface area contributed by atoms with Crippen LogP contribution in [0.4, 0.5) is 5.69 Å². The SMILES string of the molecule is Cc1ccc(-c2ccnc3c2c(C)nn3CC(=O)Nc2ccc(C(C)C)cc2)cc1. The molecule has 0 unspecified atom stereocenters. The van der Waals surface area contributed by atoms with Gasteiger partial charge in [0.1, 0.15) is 6.54 Å². The van der Waals surface area contributed by atoms with Crippen molar-refractivity contribution < 1.29 is 4.79 Å².